The molecular formula is C23H20ClNO6S. The number of carbonyl (C=O) groups excluding carboxylic acids is 1. The number of halogens is 1. The van der Waals surface area contributed by atoms with Crippen molar-refractivity contribution in [1.29, 1.82) is 0 Å². The second kappa shape index (κ2) is 9.20. The average Bonchev–Trinajstić information content (AvgIpc) is 2.82. The summed E-state index contributed by atoms with van der Waals surface area (Å²) in [5.74, 6) is 0.00462. The number of sulfonamides is 1. The van der Waals surface area contributed by atoms with Crippen LogP contribution in [0.1, 0.15) is 21.5 Å². The van der Waals surface area contributed by atoms with Crippen LogP contribution < -0.4 is 9.04 Å². The van der Waals surface area contributed by atoms with E-state index in [1.807, 2.05) is 6.07 Å². The fourth-order valence-electron chi connectivity index (χ4n) is 3.29. The van der Waals surface area contributed by atoms with Gasteiger partial charge in [-0.25, -0.2) is 13.2 Å². The lowest BCUT2D eigenvalue weighted by Crippen LogP contribution is -2.26. The van der Waals surface area contributed by atoms with Gasteiger partial charge in [-0.3, -0.25) is 4.31 Å². The molecule has 9 heteroatoms. The molecule has 0 aliphatic carbocycles. The highest BCUT2D eigenvalue weighted by Gasteiger charge is 2.22. The van der Waals surface area contributed by atoms with Gasteiger partial charge in [-0.2, -0.15) is 0 Å². The maximum Gasteiger partial charge on any atom is 0.338 e. The van der Waals surface area contributed by atoms with Gasteiger partial charge in [0.05, 0.1) is 22.8 Å². The van der Waals surface area contributed by atoms with Gasteiger partial charge in [-0.05, 0) is 48.5 Å². The third-order valence-corrected chi connectivity index (χ3v) is 7.00. The molecule has 0 fully saturated rings. The Labute approximate surface area is 191 Å². The highest BCUT2D eigenvalue weighted by atomic mass is 35.5. The molecule has 1 aliphatic heterocycles. The highest BCUT2D eigenvalue weighted by molar-refractivity contribution is 7.92. The molecule has 0 radical (unpaired) electrons. The monoisotopic (exact) mass is 473 g/mol. The minimum absolute atomic E-state index is 0.0431. The summed E-state index contributed by atoms with van der Waals surface area (Å²) in [4.78, 5) is 12.6. The smallest absolute Gasteiger partial charge is 0.338 e. The van der Waals surface area contributed by atoms with Crippen molar-refractivity contribution in [1.82, 2.24) is 0 Å². The van der Waals surface area contributed by atoms with Gasteiger partial charge in [0.25, 0.3) is 10.0 Å². The lowest BCUT2D eigenvalue weighted by atomic mass is 10.1. The van der Waals surface area contributed by atoms with Crippen LogP contribution in [0.25, 0.3) is 0 Å². The number of carbonyl (C=O) groups is 1. The van der Waals surface area contributed by atoms with Crippen LogP contribution in [-0.4, -0.2) is 28.2 Å². The first-order valence-corrected chi connectivity index (χ1v) is 11.5. The molecule has 0 aromatic heterocycles. The number of benzene rings is 3. The van der Waals surface area contributed by atoms with E-state index in [-0.39, 0.29) is 23.9 Å². The van der Waals surface area contributed by atoms with E-state index in [1.165, 1.54) is 35.6 Å². The summed E-state index contributed by atoms with van der Waals surface area (Å²) < 4.78 is 43.1. The van der Waals surface area contributed by atoms with E-state index >= 15 is 0 Å². The Hall–Kier alpha value is -3.07. The Morgan fingerprint density at radius 3 is 2.53 bits per heavy atom. The van der Waals surface area contributed by atoms with Gasteiger partial charge in [0, 0.05) is 23.2 Å². The SMILES string of the molecule is CN(c1ccccc1)S(=O)(=O)c1ccc(C(=O)OCc2cc(Cl)cc3c2OCOC3)cc1. The molecule has 1 heterocycles. The van der Waals surface area contributed by atoms with E-state index in [9.17, 15) is 13.2 Å². The third kappa shape index (κ3) is 4.57. The molecule has 0 unspecified atom stereocenters. The van der Waals surface area contributed by atoms with Crippen molar-refractivity contribution < 1.29 is 27.4 Å². The first-order chi connectivity index (χ1) is 15.4. The number of fused-ring (bicyclic) bond motifs is 1. The summed E-state index contributed by atoms with van der Waals surface area (Å²) in [6, 6.07) is 17.8. The van der Waals surface area contributed by atoms with Gasteiger partial charge in [0.15, 0.2) is 6.79 Å². The predicted octanol–water partition coefficient (Wildman–Crippen LogP) is 4.39. The first kappa shape index (κ1) is 22.1. The Balaban J connectivity index is 1.47. The van der Waals surface area contributed by atoms with E-state index in [1.54, 1.807) is 36.4 Å². The van der Waals surface area contributed by atoms with Crippen molar-refractivity contribution in [3.63, 3.8) is 0 Å². The number of anilines is 1. The molecule has 0 spiro atoms. The van der Waals surface area contributed by atoms with E-state index in [2.05, 4.69) is 0 Å². The average molecular weight is 474 g/mol. The molecule has 0 bridgehead atoms. The van der Waals surface area contributed by atoms with Crippen molar-refractivity contribution in [3.05, 3.63) is 88.4 Å². The zero-order valence-corrected chi connectivity index (χ0v) is 18.7. The lowest BCUT2D eigenvalue weighted by Gasteiger charge is -2.21. The largest absolute Gasteiger partial charge is 0.467 e. The second-order valence-electron chi connectivity index (χ2n) is 7.07. The van der Waals surface area contributed by atoms with Gasteiger partial charge in [-0.1, -0.05) is 29.8 Å². The summed E-state index contributed by atoms with van der Waals surface area (Å²) in [6.45, 7) is 0.436. The molecule has 0 N–H and O–H groups in total. The quantitative estimate of drug-likeness (QED) is 0.494. The van der Waals surface area contributed by atoms with Gasteiger partial charge in [0.2, 0.25) is 0 Å². The standard InChI is InChI=1S/C23H20ClNO6S/c1-25(20-5-3-2-4-6-20)32(27,28)21-9-7-16(8-10-21)23(26)30-14-18-12-19(24)11-17-13-29-15-31-22(17)18/h2-12H,13-15H2,1H3. The summed E-state index contributed by atoms with van der Waals surface area (Å²) >= 11 is 6.13. The zero-order chi connectivity index (χ0) is 22.7. The van der Waals surface area contributed by atoms with E-state index in [0.29, 0.717) is 28.6 Å². The van der Waals surface area contributed by atoms with E-state index < -0.39 is 16.0 Å². The van der Waals surface area contributed by atoms with Crippen LogP contribution in [0.5, 0.6) is 5.75 Å². The molecule has 1 aliphatic rings. The van der Waals surface area contributed by atoms with Gasteiger partial charge in [0.1, 0.15) is 12.4 Å². The van der Waals surface area contributed by atoms with Crippen molar-refractivity contribution in [3.8, 4) is 5.75 Å². The van der Waals surface area contributed by atoms with Crippen molar-refractivity contribution >= 4 is 33.3 Å². The molecule has 7 nitrogen and oxygen atoms in total. The fourth-order valence-corrected chi connectivity index (χ4v) is 4.75. The van der Waals surface area contributed by atoms with Crippen LogP contribution >= 0.6 is 11.6 Å². The maximum absolute atomic E-state index is 12.9. The Morgan fingerprint density at radius 1 is 1.09 bits per heavy atom. The number of esters is 1. The van der Waals surface area contributed by atoms with Crippen molar-refractivity contribution in [2.75, 3.05) is 18.1 Å². The van der Waals surface area contributed by atoms with Crippen LogP contribution in [0.4, 0.5) is 5.69 Å². The minimum atomic E-state index is -3.77. The summed E-state index contributed by atoms with van der Waals surface area (Å²) in [5.41, 5.74) is 2.18. The molecular weight excluding hydrogens is 454 g/mol. The Morgan fingerprint density at radius 2 is 1.81 bits per heavy atom. The van der Waals surface area contributed by atoms with E-state index in [4.69, 9.17) is 25.8 Å². The van der Waals surface area contributed by atoms with Gasteiger partial charge < -0.3 is 14.2 Å². The van der Waals surface area contributed by atoms with Crippen LogP contribution in [0.2, 0.25) is 5.02 Å². The maximum atomic E-state index is 12.9. The summed E-state index contributed by atoms with van der Waals surface area (Å²) in [5, 5.41) is 0.487. The minimum Gasteiger partial charge on any atom is -0.467 e. The molecule has 0 atom stereocenters. The number of nitrogens with zero attached hydrogens (tertiary/aromatic N) is 1. The van der Waals surface area contributed by atoms with Crippen LogP contribution in [0.3, 0.4) is 0 Å². The first-order valence-electron chi connectivity index (χ1n) is 9.69. The zero-order valence-electron chi connectivity index (χ0n) is 17.2. The number of rotatable bonds is 6. The number of hydrogen-bond acceptors (Lipinski definition) is 6. The Bertz CT molecular complexity index is 1230. The molecule has 3 aromatic rings. The lowest BCUT2D eigenvalue weighted by molar-refractivity contribution is -0.0180. The number of hydrogen-bond donors (Lipinski definition) is 0. The summed E-state index contributed by atoms with van der Waals surface area (Å²) in [6.07, 6.45) is 0. The van der Waals surface area contributed by atoms with Crippen LogP contribution in [0, 0.1) is 0 Å². The normalized spacial score (nSPS) is 13.1. The van der Waals surface area contributed by atoms with Gasteiger partial charge >= 0.3 is 5.97 Å². The second-order valence-corrected chi connectivity index (χ2v) is 9.48. The van der Waals surface area contributed by atoms with Crippen molar-refractivity contribution in [2.45, 2.75) is 18.1 Å². The predicted molar refractivity (Wildman–Crippen MR) is 119 cm³/mol. The molecule has 3 aromatic carbocycles. The third-order valence-electron chi connectivity index (χ3n) is 4.98. The molecule has 0 amide bonds. The van der Waals surface area contributed by atoms with Crippen LogP contribution in [-0.2, 0) is 32.7 Å². The topological polar surface area (TPSA) is 82.1 Å². The molecule has 32 heavy (non-hydrogen) atoms. The van der Waals surface area contributed by atoms with Gasteiger partial charge in [-0.15, -0.1) is 0 Å². The van der Waals surface area contributed by atoms with E-state index in [0.717, 1.165) is 5.56 Å². The number of para-hydroxylation sites is 1. The number of ether oxygens (including phenoxy) is 3. The molecule has 0 saturated heterocycles. The highest BCUT2D eigenvalue weighted by Crippen LogP contribution is 2.32. The Kier molecular flexibility index (Phi) is 6.36. The fraction of sp³-hybridized carbons (Fsp3) is 0.174. The molecule has 4 rings (SSSR count). The molecule has 0 saturated carbocycles. The van der Waals surface area contributed by atoms with Crippen LogP contribution in [0.15, 0.2) is 71.6 Å². The molecule has 166 valence electrons. The van der Waals surface area contributed by atoms with Crippen molar-refractivity contribution in [2.24, 2.45) is 0 Å². The summed E-state index contributed by atoms with van der Waals surface area (Å²) in [7, 11) is -2.29.